The third kappa shape index (κ3) is 4.29. The summed E-state index contributed by atoms with van der Waals surface area (Å²) in [6.45, 7) is 2.42. The number of rotatable bonds is 4. The molecular formula is C19H18BrN3O3. The Labute approximate surface area is 159 Å². The molecule has 3 rings (SSSR count). The van der Waals surface area contributed by atoms with Gasteiger partial charge < -0.3 is 4.74 Å². The third-order valence-electron chi connectivity index (χ3n) is 3.84. The highest BCUT2D eigenvalue weighted by Gasteiger charge is 2.25. The molecule has 26 heavy (non-hydrogen) atoms. The first-order chi connectivity index (χ1) is 12.6. The van der Waals surface area contributed by atoms with Gasteiger partial charge in [-0.15, -0.1) is 0 Å². The van der Waals surface area contributed by atoms with Crippen LogP contribution in [-0.4, -0.2) is 24.4 Å². The van der Waals surface area contributed by atoms with E-state index < -0.39 is 6.04 Å². The Bertz CT molecular complexity index is 849. The lowest BCUT2D eigenvalue weighted by molar-refractivity contribution is -0.120. The summed E-state index contributed by atoms with van der Waals surface area (Å²) in [5, 5.41) is 5.27. The number of nitrogens with one attached hydrogen (secondary N) is 2. The zero-order chi connectivity index (χ0) is 18.5. The molecule has 0 fully saturated rings. The van der Waals surface area contributed by atoms with Crippen LogP contribution in [0.3, 0.4) is 0 Å². The summed E-state index contributed by atoms with van der Waals surface area (Å²) in [7, 11) is 0. The van der Waals surface area contributed by atoms with E-state index in [1.54, 1.807) is 24.3 Å². The number of guanidine groups is 1. The van der Waals surface area contributed by atoms with Gasteiger partial charge in [0.25, 0.3) is 5.91 Å². The summed E-state index contributed by atoms with van der Waals surface area (Å²) in [5.74, 6) is 0.292. The molecule has 2 amide bonds. The molecule has 1 atom stereocenters. The number of hydrogen-bond acceptors (Lipinski definition) is 4. The van der Waals surface area contributed by atoms with Crippen molar-refractivity contribution in [2.45, 2.75) is 19.4 Å². The number of benzene rings is 2. The molecule has 1 aliphatic rings. The standard InChI is InChI=1S/C19H18BrN3O3/c1-2-26-16-6-4-3-5-14(16)15-11-17(24)22-19(21-15)23-18(25)12-7-9-13(20)10-8-12/h3-10,15H,2,11H2,1H3,(H2,21,22,23,24,25)/t15-/m0/s1. The fourth-order valence-electron chi connectivity index (χ4n) is 2.66. The summed E-state index contributed by atoms with van der Waals surface area (Å²) in [6, 6.07) is 14.0. The lowest BCUT2D eigenvalue weighted by Crippen LogP contribution is -2.47. The molecule has 7 heteroatoms. The minimum Gasteiger partial charge on any atom is -0.494 e. The molecule has 1 heterocycles. The maximum absolute atomic E-state index is 12.4. The number of aliphatic imine (C=N–C) groups is 1. The van der Waals surface area contributed by atoms with E-state index in [4.69, 9.17) is 4.74 Å². The van der Waals surface area contributed by atoms with Crippen LogP contribution in [0.4, 0.5) is 0 Å². The van der Waals surface area contributed by atoms with E-state index in [-0.39, 0.29) is 24.2 Å². The molecule has 1 aliphatic heterocycles. The molecule has 2 N–H and O–H groups in total. The van der Waals surface area contributed by atoms with Gasteiger partial charge in [-0.25, -0.2) is 4.99 Å². The number of nitrogens with zero attached hydrogens (tertiary/aromatic N) is 1. The van der Waals surface area contributed by atoms with Crippen molar-refractivity contribution in [1.82, 2.24) is 10.6 Å². The summed E-state index contributed by atoms with van der Waals surface area (Å²) < 4.78 is 6.51. The molecule has 0 radical (unpaired) electrons. The van der Waals surface area contributed by atoms with Crippen LogP contribution in [0.25, 0.3) is 0 Å². The lowest BCUT2D eigenvalue weighted by atomic mass is 10.0. The Hall–Kier alpha value is -2.67. The number of amides is 2. The van der Waals surface area contributed by atoms with Gasteiger partial charge in [-0.05, 0) is 37.3 Å². The zero-order valence-corrected chi connectivity index (χ0v) is 15.7. The van der Waals surface area contributed by atoms with E-state index >= 15 is 0 Å². The van der Waals surface area contributed by atoms with Crippen molar-refractivity contribution in [1.29, 1.82) is 0 Å². The van der Waals surface area contributed by atoms with Gasteiger partial charge in [0.1, 0.15) is 5.75 Å². The van der Waals surface area contributed by atoms with Gasteiger partial charge in [0.15, 0.2) is 0 Å². The molecule has 0 aliphatic carbocycles. The SMILES string of the molecule is CCOc1ccccc1[C@@H]1CC(=O)NC(NC(=O)c2ccc(Br)cc2)=N1. The van der Waals surface area contributed by atoms with E-state index in [2.05, 4.69) is 31.6 Å². The molecule has 2 aromatic carbocycles. The predicted molar refractivity (Wildman–Crippen MR) is 102 cm³/mol. The number of ether oxygens (including phenoxy) is 1. The first-order valence-electron chi connectivity index (χ1n) is 8.23. The highest BCUT2D eigenvalue weighted by Crippen LogP contribution is 2.31. The summed E-state index contributed by atoms with van der Waals surface area (Å²) in [5.41, 5.74) is 1.29. The van der Waals surface area contributed by atoms with Crippen LogP contribution in [0, 0.1) is 0 Å². The first-order valence-corrected chi connectivity index (χ1v) is 9.02. The van der Waals surface area contributed by atoms with Crippen LogP contribution >= 0.6 is 15.9 Å². The molecule has 0 aromatic heterocycles. The molecule has 0 unspecified atom stereocenters. The van der Waals surface area contributed by atoms with Crippen molar-refractivity contribution in [2.75, 3.05) is 6.61 Å². The van der Waals surface area contributed by atoms with Crippen LogP contribution in [0.15, 0.2) is 58.0 Å². The van der Waals surface area contributed by atoms with E-state index in [1.165, 1.54) is 0 Å². The number of hydrogen-bond donors (Lipinski definition) is 2. The zero-order valence-electron chi connectivity index (χ0n) is 14.2. The molecule has 2 aromatic rings. The molecule has 6 nitrogen and oxygen atoms in total. The molecule has 0 saturated heterocycles. The van der Waals surface area contributed by atoms with E-state index in [0.29, 0.717) is 17.9 Å². The van der Waals surface area contributed by atoms with Gasteiger partial charge in [0.05, 0.1) is 19.1 Å². The predicted octanol–water partition coefficient (Wildman–Crippen LogP) is 3.19. The second-order valence-corrected chi connectivity index (χ2v) is 6.59. The van der Waals surface area contributed by atoms with Crippen molar-refractivity contribution in [3.05, 3.63) is 64.1 Å². The van der Waals surface area contributed by atoms with E-state index in [9.17, 15) is 9.59 Å². The van der Waals surface area contributed by atoms with E-state index in [0.717, 1.165) is 10.0 Å². The highest BCUT2D eigenvalue weighted by molar-refractivity contribution is 9.10. The monoisotopic (exact) mass is 415 g/mol. The smallest absolute Gasteiger partial charge is 0.257 e. The van der Waals surface area contributed by atoms with Crippen molar-refractivity contribution < 1.29 is 14.3 Å². The summed E-state index contributed by atoms with van der Waals surface area (Å²) >= 11 is 3.33. The Kier molecular flexibility index (Phi) is 5.68. The quantitative estimate of drug-likeness (QED) is 0.804. The Balaban J connectivity index is 1.82. The van der Waals surface area contributed by atoms with Crippen LogP contribution in [-0.2, 0) is 4.79 Å². The Morgan fingerprint density at radius 2 is 2.00 bits per heavy atom. The van der Waals surface area contributed by atoms with Gasteiger partial charge in [0, 0.05) is 15.6 Å². The van der Waals surface area contributed by atoms with Crippen molar-refractivity contribution in [3.63, 3.8) is 0 Å². The van der Waals surface area contributed by atoms with Gasteiger partial charge in [-0.3, -0.25) is 20.2 Å². The maximum atomic E-state index is 12.4. The summed E-state index contributed by atoms with van der Waals surface area (Å²) in [6.07, 6.45) is 0.196. The molecule has 0 bridgehead atoms. The second-order valence-electron chi connectivity index (χ2n) is 5.68. The average molecular weight is 416 g/mol. The fraction of sp³-hybridized carbons (Fsp3) is 0.211. The van der Waals surface area contributed by atoms with Crippen LogP contribution in [0.1, 0.15) is 35.3 Å². The molecular weight excluding hydrogens is 398 g/mol. The van der Waals surface area contributed by atoms with Crippen molar-refractivity contribution in [2.24, 2.45) is 4.99 Å². The number of para-hydroxylation sites is 1. The maximum Gasteiger partial charge on any atom is 0.257 e. The lowest BCUT2D eigenvalue weighted by Gasteiger charge is -2.23. The minimum atomic E-state index is -0.410. The van der Waals surface area contributed by atoms with Gasteiger partial charge >= 0.3 is 0 Å². The minimum absolute atomic E-state index is 0.144. The second kappa shape index (κ2) is 8.14. The Morgan fingerprint density at radius 3 is 2.73 bits per heavy atom. The Morgan fingerprint density at radius 1 is 1.27 bits per heavy atom. The number of halogens is 1. The molecule has 134 valence electrons. The fourth-order valence-corrected chi connectivity index (χ4v) is 2.92. The van der Waals surface area contributed by atoms with Crippen molar-refractivity contribution >= 4 is 33.7 Å². The largest absolute Gasteiger partial charge is 0.494 e. The van der Waals surface area contributed by atoms with Gasteiger partial charge in [0.2, 0.25) is 11.9 Å². The van der Waals surface area contributed by atoms with Crippen LogP contribution < -0.4 is 15.4 Å². The van der Waals surface area contributed by atoms with Gasteiger partial charge in [-0.2, -0.15) is 0 Å². The number of carbonyl (C=O) groups is 2. The normalized spacial score (nSPS) is 16.5. The van der Waals surface area contributed by atoms with E-state index in [1.807, 2.05) is 31.2 Å². The molecule has 0 saturated carbocycles. The third-order valence-corrected chi connectivity index (χ3v) is 4.37. The van der Waals surface area contributed by atoms with Crippen LogP contribution in [0.5, 0.6) is 5.75 Å². The summed E-state index contributed by atoms with van der Waals surface area (Å²) in [4.78, 5) is 29.0. The highest BCUT2D eigenvalue weighted by atomic mass is 79.9. The average Bonchev–Trinajstić information content (AvgIpc) is 2.62. The molecule has 0 spiro atoms. The topological polar surface area (TPSA) is 79.8 Å². The van der Waals surface area contributed by atoms with Crippen molar-refractivity contribution in [3.8, 4) is 5.75 Å². The van der Waals surface area contributed by atoms with Gasteiger partial charge in [-0.1, -0.05) is 34.1 Å². The van der Waals surface area contributed by atoms with Crippen LogP contribution in [0.2, 0.25) is 0 Å². The first kappa shape index (κ1) is 18.1. The number of carbonyl (C=O) groups excluding carboxylic acids is 2.